The van der Waals surface area contributed by atoms with Gasteiger partial charge in [0.1, 0.15) is 5.82 Å². The van der Waals surface area contributed by atoms with E-state index in [0.29, 0.717) is 17.7 Å². The monoisotopic (exact) mass is 316 g/mol. The van der Waals surface area contributed by atoms with Gasteiger partial charge in [0.25, 0.3) is 11.6 Å². The Hall–Kier alpha value is -2.76. The molecule has 120 valence electrons. The molecular weight excluding hydrogens is 299 g/mol. The van der Waals surface area contributed by atoms with Crippen LogP contribution in [0, 0.1) is 22.9 Å². The number of halogens is 1. The number of nitro benzene ring substituents is 1. The first-order chi connectivity index (χ1) is 11.0. The van der Waals surface area contributed by atoms with Crippen molar-refractivity contribution in [2.24, 2.45) is 0 Å². The van der Waals surface area contributed by atoms with Gasteiger partial charge in [0.15, 0.2) is 0 Å². The lowest BCUT2D eigenvalue weighted by Gasteiger charge is -2.06. The summed E-state index contributed by atoms with van der Waals surface area (Å²) >= 11 is 0. The van der Waals surface area contributed by atoms with E-state index in [1.165, 1.54) is 30.3 Å². The molecular formula is C17H17FN2O3. The number of nitro groups is 1. The van der Waals surface area contributed by atoms with E-state index in [1.807, 2.05) is 0 Å². The van der Waals surface area contributed by atoms with Gasteiger partial charge in [-0.05, 0) is 49.6 Å². The van der Waals surface area contributed by atoms with E-state index in [2.05, 4.69) is 5.32 Å². The first kappa shape index (κ1) is 16.6. The lowest BCUT2D eigenvalue weighted by atomic mass is 10.1. The van der Waals surface area contributed by atoms with E-state index in [1.54, 1.807) is 19.1 Å². The number of hydrogen-bond donors (Lipinski definition) is 1. The molecule has 2 aromatic carbocycles. The molecule has 2 aromatic rings. The Bertz CT molecular complexity index is 714. The maximum Gasteiger partial charge on any atom is 0.272 e. The fraction of sp³-hybridized carbons (Fsp3) is 0.235. The SMILES string of the molecule is Cc1cc(C(=O)NCCCc2ccc(F)cc2)ccc1[N+](=O)[O-]. The van der Waals surface area contributed by atoms with Crippen LogP contribution in [0.2, 0.25) is 0 Å². The Morgan fingerprint density at radius 3 is 2.52 bits per heavy atom. The third-order valence-electron chi connectivity index (χ3n) is 3.50. The number of nitrogens with one attached hydrogen (secondary N) is 1. The van der Waals surface area contributed by atoms with Crippen LogP contribution in [0.4, 0.5) is 10.1 Å². The topological polar surface area (TPSA) is 72.2 Å². The largest absolute Gasteiger partial charge is 0.352 e. The van der Waals surface area contributed by atoms with Crippen molar-refractivity contribution in [2.75, 3.05) is 6.54 Å². The second kappa shape index (κ2) is 7.49. The first-order valence-electron chi connectivity index (χ1n) is 7.25. The van der Waals surface area contributed by atoms with E-state index in [4.69, 9.17) is 0 Å². The van der Waals surface area contributed by atoms with Crippen LogP contribution in [0.3, 0.4) is 0 Å². The standard InChI is InChI=1S/C17H17FN2O3/c1-12-11-14(6-9-16(12)20(22)23)17(21)19-10-2-3-13-4-7-15(18)8-5-13/h4-9,11H,2-3,10H2,1H3,(H,19,21). The van der Waals surface area contributed by atoms with Crippen molar-refractivity contribution in [3.63, 3.8) is 0 Å². The Labute approximate surface area is 133 Å². The molecule has 0 saturated heterocycles. The van der Waals surface area contributed by atoms with Gasteiger partial charge in [0.2, 0.25) is 0 Å². The number of benzene rings is 2. The normalized spacial score (nSPS) is 10.3. The quantitative estimate of drug-likeness (QED) is 0.504. The molecule has 5 nitrogen and oxygen atoms in total. The summed E-state index contributed by atoms with van der Waals surface area (Å²) in [5.74, 6) is -0.530. The smallest absolute Gasteiger partial charge is 0.272 e. The predicted molar refractivity (Wildman–Crippen MR) is 84.9 cm³/mol. The molecule has 1 N–H and O–H groups in total. The molecule has 0 saturated carbocycles. The Morgan fingerprint density at radius 1 is 1.22 bits per heavy atom. The Kier molecular flexibility index (Phi) is 5.41. The molecule has 0 aromatic heterocycles. The van der Waals surface area contributed by atoms with E-state index < -0.39 is 4.92 Å². The van der Waals surface area contributed by atoms with Crippen LogP contribution in [0.1, 0.15) is 27.9 Å². The van der Waals surface area contributed by atoms with Gasteiger partial charge in [-0.25, -0.2) is 4.39 Å². The summed E-state index contributed by atoms with van der Waals surface area (Å²) < 4.78 is 12.8. The molecule has 0 heterocycles. The molecule has 0 fully saturated rings. The summed E-state index contributed by atoms with van der Waals surface area (Å²) in [5.41, 5.74) is 1.86. The lowest BCUT2D eigenvalue weighted by Crippen LogP contribution is -2.24. The van der Waals surface area contributed by atoms with Crippen molar-refractivity contribution in [2.45, 2.75) is 19.8 Å². The second-order valence-corrected chi connectivity index (χ2v) is 5.24. The van der Waals surface area contributed by atoms with E-state index in [9.17, 15) is 19.3 Å². The van der Waals surface area contributed by atoms with Crippen LogP contribution in [0.5, 0.6) is 0 Å². The fourth-order valence-corrected chi connectivity index (χ4v) is 2.25. The lowest BCUT2D eigenvalue weighted by molar-refractivity contribution is -0.385. The third-order valence-corrected chi connectivity index (χ3v) is 3.50. The molecule has 0 spiro atoms. The van der Waals surface area contributed by atoms with Crippen molar-refractivity contribution in [1.29, 1.82) is 0 Å². The van der Waals surface area contributed by atoms with Crippen molar-refractivity contribution >= 4 is 11.6 Å². The zero-order valence-electron chi connectivity index (χ0n) is 12.7. The van der Waals surface area contributed by atoms with Gasteiger partial charge in [-0.2, -0.15) is 0 Å². The van der Waals surface area contributed by atoms with Gasteiger partial charge in [-0.3, -0.25) is 14.9 Å². The number of aryl methyl sites for hydroxylation is 2. The number of carbonyl (C=O) groups is 1. The molecule has 0 aliphatic heterocycles. The fourth-order valence-electron chi connectivity index (χ4n) is 2.25. The van der Waals surface area contributed by atoms with Gasteiger partial charge >= 0.3 is 0 Å². The van der Waals surface area contributed by atoms with Crippen molar-refractivity contribution in [3.8, 4) is 0 Å². The molecule has 0 unspecified atom stereocenters. The Morgan fingerprint density at radius 2 is 1.91 bits per heavy atom. The van der Waals surface area contributed by atoms with Gasteiger partial charge < -0.3 is 5.32 Å². The highest BCUT2D eigenvalue weighted by molar-refractivity contribution is 5.94. The van der Waals surface area contributed by atoms with Crippen LogP contribution >= 0.6 is 0 Å². The van der Waals surface area contributed by atoms with Crippen molar-refractivity contribution in [1.82, 2.24) is 5.32 Å². The van der Waals surface area contributed by atoms with Crippen LogP contribution in [0.25, 0.3) is 0 Å². The summed E-state index contributed by atoms with van der Waals surface area (Å²) in [6.07, 6.45) is 1.46. The maximum atomic E-state index is 12.8. The molecule has 0 aliphatic carbocycles. The minimum atomic E-state index is -0.473. The van der Waals surface area contributed by atoms with E-state index in [0.717, 1.165) is 18.4 Å². The van der Waals surface area contributed by atoms with Crippen LogP contribution in [-0.2, 0) is 6.42 Å². The first-order valence-corrected chi connectivity index (χ1v) is 7.25. The summed E-state index contributed by atoms with van der Waals surface area (Å²) in [7, 11) is 0. The maximum absolute atomic E-state index is 12.8. The summed E-state index contributed by atoms with van der Waals surface area (Å²) in [4.78, 5) is 22.3. The van der Waals surface area contributed by atoms with Crippen LogP contribution < -0.4 is 5.32 Å². The number of amides is 1. The number of rotatable bonds is 6. The van der Waals surface area contributed by atoms with E-state index >= 15 is 0 Å². The number of hydrogen-bond acceptors (Lipinski definition) is 3. The van der Waals surface area contributed by atoms with Gasteiger partial charge in [0.05, 0.1) is 4.92 Å². The second-order valence-electron chi connectivity index (χ2n) is 5.24. The minimum absolute atomic E-state index is 0.00198. The number of nitrogens with zero attached hydrogens (tertiary/aromatic N) is 1. The molecule has 0 atom stereocenters. The summed E-state index contributed by atoms with van der Waals surface area (Å²) in [6, 6.07) is 10.5. The number of carbonyl (C=O) groups excluding carboxylic acids is 1. The van der Waals surface area contributed by atoms with Crippen LogP contribution in [0.15, 0.2) is 42.5 Å². The molecule has 23 heavy (non-hydrogen) atoms. The van der Waals surface area contributed by atoms with Crippen molar-refractivity contribution < 1.29 is 14.1 Å². The zero-order chi connectivity index (χ0) is 16.8. The van der Waals surface area contributed by atoms with E-state index in [-0.39, 0.29) is 17.4 Å². The van der Waals surface area contributed by atoms with Crippen molar-refractivity contribution in [3.05, 3.63) is 75.1 Å². The van der Waals surface area contributed by atoms with Gasteiger partial charge in [-0.1, -0.05) is 12.1 Å². The molecule has 0 aliphatic rings. The molecule has 1 amide bonds. The molecule has 6 heteroatoms. The summed E-state index contributed by atoms with van der Waals surface area (Å²) in [5, 5.41) is 13.5. The summed E-state index contributed by atoms with van der Waals surface area (Å²) in [6.45, 7) is 2.08. The van der Waals surface area contributed by atoms with Gasteiger partial charge in [0, 0.05) is 23.7 Å². The highest BCUT2D eigenvalue weighted by Gasteiger charge is 2.13. The predicted octanol–water partition coefficient (Wildman–Crippen LogP) is 3.40. The third kappa shape index (κ3) is 4.60. The van der Waals surface area contributed by atoms with Crippen LogP contribution in [-0.4, -0.2) is 17.4 Å². The average Bonchev–Trinajstić information content (AvgIpc) is 2.52. The highest BCUT2D eigenvalue weighted by Crippen LogP contribution is 2.18. The average molecular weight is 316 g/mol. The minimum Gasteiger partial charge on any atom is -0.352 e. The van der Waals surface area contributed by atoms with Gasteiger partial charge in [-0.15, -0.1) is 0 Å². The Balaban J connectivity index is 1.84. The molecule has 0 bridgehead atoms. The molecule has 2 rings (SSSR count). The zero-order valence-corrected chi connectivity index (χ0v) is 12.7. The molecule has 0 radical (unpaired) electrons. The highest BCUT2D eigenvalue weighted by atomic mass is 19.1.